The van der Waals surface area contributed by atoms with Gasteiger partial charge in [0.15, 0.2) is 0 Å². The fraction of sp³-hybridized carbons (Fsp3) is 0.552. The van der Waals surface area contributed by atoms with Gasteiger partial charge in [0.05, 0.1) is 6.26 Å². The number of H-pyrrole nitrogens is 1. The second kappa shape index (κ2) is 9.26. The van der Waals surface area contributed by atoms with Crippen LogP contribution in [0.25, 0.3) is 22.2 Å². The standard InChI is InChI=1S/C29H38N4O2S/c1-29(32-13-3-4-14-32)11-7-21-5-6-23(17-24(21)8-12-29)25-18-26-27(20-31-28(26)30-19-25)22-9-15-33(16-10-22)36(2,34)35/h5-6,17-20,22H,3-4,7-16H2,1-2H3,(H,30,31). The van der Waals surface area contributed by atoms with Crippen molar-refractivity contribution in [3.63, 3.8) is 0 Å². The first-order valence-corrected chi connectivity index (χ1v) is 15.4. The van der Waals surface area contributed by atoms with Crippen molar-refractivity contribution in [3.8, 4) is 11.1 Å². The Hall–Kier alpha value is -2.22. The Kier molecular flexibility index (Phi) is 6.21. The van der Waals surface area contributed by atoms with Crippen LogP contribution in [-0.4, -0.2) is 65.6 Å². The summed E-state index contributed by atoms with van der Waals surface area (Å²) in [6.45, 7) is 6.18. The lowest BCUT2D eigenvalue weighted by molar-refractivity contribution is 0.118. The molecule has 6 rings (SSSR count). The Bertz CT molecular complexity index is 1370. The van der Waals surface area contributed by atoms with Gasteiger partial charge >= 0.3 is 0 Å². The van der Waals surface area contributed by atoms with E-state index in [0.717, 1.165) is 36.9 Å². The molecule has 1 N–H and O–H groups in total. The lowest BCUT2D eigenvalue weighted by Crippen LogP contribution is -2.44. The maximum absolute atomic E-state index is 11.9. The number of piperidine rings is 1. The molecule has 192 valence electrons. The van der Waals surface area contributed by atoms with Crippen molar-refractivity contribution in [2.24, 2.45) is 0 Å². The van der Waals surface area contributed by atoms with Crippen molar-refractivity contribution in [2.45, 2.75) is 69.7 Å². The van der Waals surface area contributed by atoms with E-state index in [9.17, 15) is 8.42 Å². The van der Waals surface area contributed by atoms with Gasteiger partial charge in [0, 0.05) is 42.0 Å². The molecule has 6 nitrogen and oxygen atoms in total. The van der Waals surface area contributed by atoms with Crippen LogP contribution in [0.15, 0.2) is 36.7 Å². The van der Waals surface area contributed by atoms with Gasteiger partial charge in [-0.1, -0.05) is 18.2 Å². The molecule has 1 aromatic carbocycles. The Balaban J connectivity index is 1.25. The summed E-state index contributed by atoms with van der Waals surface area (Å²) in [6, 6.07) is 9.31. The zero-order valence-electron chi connectivity index (χ0n) is 21.6. The Morgan fingerprint density at radius 3 is 2.42 bits per heavy atom. The molecule has 0 spiro atoms. The highest BCUT2D eigenvalue weighted by atomic mass is 32.2. The first-order chi connectivity index (χ1) is 17.3. The summed E-state index contributed by atoms with van der Waals surface area (Å²) in [6.07, 6.45) is 14.5. The fourth-order valence-electron chi connectivity index (χ4n) is 6.81. The maximum atomic E-state index is 11.9. The topological polar surface area (TPSA) is 69.3 Å². The third kappa shape index (κ3) is 4.50. The largest absolute Gasteiger partial charge is 0.346 e. The molecular formula is C29H38N4O2S. The van der Waals surface area contributed by atoms with Gasteiger partial charge in [-0.2, -0.15) is 0 Å². The van der Waals surface area contributed by atoms with Gasteiger partial charge in [0.1, 0.15) is 5.65 Å². The minimum atomic E-state index is -3.12. The molecule has 0 saturated carbocycles. The van der Waals surface area contributed by atoms with Crippen LogP contribution >= 0.6 is 0 Å². The van der Waals surface area contributed by atoms with E-state index >= 15 is 0 Å². The first kappa shape index (κ1) is 24.1. The number of likely N-dealkylation sites (tertiary alicyclic amines) is 1. The van der Waals surface area contributed by atoms with E-state index in [1.54, 1.807) is 4.31 Å². The summed E-state index contributed by atoms with van der Waals surface area (Å²) in [5.74, 6) is 0.351. The number of hydrogen-bond donors (Lipinski definition) is 1. The normalized spacial score (nSPS) is 24.7. The van der Waals surface area contributed by atoms with E-state index in [1.807, 2.05) is 6.20 Å². The van der Waals surface area contributed by atoms with E-state index in [2.05, 4.69) is 47.3 Å². The Morgan fingerprint density at radius 2 is 1.69 bits per heavy atom. The summed E-state index contributed by atoms with van der Waals surface area (Å²) in [5.41, 5.74) is 7.91. The predicted octanol–water partition coefficient (Wildman–Crippen LogP) is 5.10. The van der Waals surface area contributed by atoms with Gasteiger partial charge in [-0.3, -0.25) is 4.90 Å². The molecule has 7 heteroatoms. The van der Waals surface area contributed by atoms with Gasteiger partial charge in [0.2, 0.25) is 10.0 Å². The predicted molar refractivity (Wildman–Crippen MR) is 146 cm³/mol. The molecule has 0 amide bonds. The highest BCUT2D eigenvalue weighted by molar-refractivity contribution is 7.88. The minimum absolute atomic E-state index is 0.322. The number of hydrogen-bond acceptors (Lipinski definition) is 4. The minimum Gasteiger partial charge on any atom is -0.346 e. The molecule has 0 bridgehead atoms. The second-order valence-corrected chi connectivity index (χ2v) is 13.5. The molecule has 1 unspecified atom stereocenters. The zero-order chi connectivity index (χ0) is 24.9. The number of nitrogens with one attached hydrogen (secondary N) is 1. The van der Waals surface area contributed by atoms with Crippen LogP contribution in [0.2, 0.25) is 0 Å². The number of aromatic nitrogens is 2. The summed E-state index contributed by atoms with van der Waals surface area (Å²) >= 11 is 0. The monoisotopic (exact) mass is 506 g/mol. The average molecular weight is 507 g/mol. The van der Waals surface area contributed by atoms with Crippen LogP contribution in [-0.2, 0) is 22.9 Å². The molecule has 3 aliphatic rings. The van der Waals surface area contributed by atoms with Crippen LogP contribution in [0.4, 0.5) is 0 Å². The first-order valence-electron chi connectivity index (χ1n) is 13.6. The number of aryl methyl sites for hydroxylation is 2. The van der Waals surface area contributed by atoms with Crippen molar-refractivity contribution in [3.05, 3.63) is 53.3 Å². The summed E-state index contributed by atoms with van der Waals surface area (Å²) in [4.78, 5) is 10.9. The molecule has 2 fully saturated rings. The van der Waals surface area contributed by atoms with Gasteiger partial charge < -0.3 is 4.98 Å². The van der Waals surface area contributed by atoms with Crippen molar-refractivity contribution in [1.82, 2.24) is 19.2 Å². The van der Waals surface area contributed by atoms with Crippen LogP contribution in [0, 0.1) is 0 Å². The van der Waals surface area contributed by atoms with Gasteiger partial charge in [0.25, 0.3) is 0 Å². The van der Waals surface area contributed by atoms with Gasteiger partial charge in [-0.15, -0.1) is 0 Å². The molecule has 0 radical (unpaired) electrons. The van der Waals surface area contributed by atoms with E-state index < -0.39 is 10.0 Å². The molecule has 3 aromatic rings. The molecule has 1 atom stereocenters. The number of rotatable bonds is 4. The van der Waals surface area contributed by atoms with Crippen molar-refractivity contribution >= 4 is 21.1 Å². The highest BCUT2D eigenvalue weighted by Gasteiger charge is 2.35. The number of sulfonamides is 1. The molecule has 2 saturated heterocycles. The molecule has 2 aromatic heterocycles. The van der Waals surface area contributed by atoms with Crippen molar-refractivity contribution in [2.75, 3.05) is 32.4 Å². The number of benzene rings is 1. The smallest absolute Gasteiger partial charge is 0.211 e. The lowest BCUT2D eigenvalue weighted by Gasteiger charge is -2.38. The molecule has 36 heavy (non-hydrogen) atoms. The Morgan fingerprint density at radius 1 is 0.972 bits per heavy atom. The molecule has 4 heterocycles. The summed E-state index contributed by atoms with van der Waals surface area (Å²) < 4.78 is 25.5. The number of fused-ring (bicyclic) bond motifs is 2. The van der Waals surface area contributed by atoms with Crippen LogP contribution in [0.5, 0.6) is 0 Å². The fourth-order valence-corrected chi connectivity index (χ4v) is 7.68. The second-order valence-electron chi connectivity index (χ2n) is 11.5. The third-order valence-electron chi connectivity index (χ3n) is 9.20. The van der Waals surface area contributed by atoms with E-state index in [1.165, 1.54) is 72.7 Å². The van der Waals surface area contributed by atoms with Crippen molar-refractivity contribution in [1.29, 1.82) is 0 Å². The number of nitrogens with zero attached hydrogens (tertiary/aromatic N) is 3. The van der Waals surface area contributed by atoms with E-state index in [-0.39, 0.29) is 0 Å². The number of aromatic amines is 1. The molecule has 2 aliphatic heterocycles. The van der Waals surface area contributed by atoms with E-state index in [0.29, 0.717) is 24.5 Å². The summed E-state index contributed by atoms with van der Waals surface area (Å²) in [7, 11) is -3.12. The molecular weight excluding hydrogens is 468 g/mol. The van der Waals surface area contributed by atoms with Gasteiger partial charge in [-0.05, 0) is 106 Å². The highest BCUT2D eigenvalue weighted by Crippen LogP contribution is 2.37. The Labute approximate surface area is 215 Å². The van der Waals surface area contributed by atoms with Crippen LogP contribution in [0.3, 0.4) is 0 Å². The van der Waals surface area contributed by atoms with Crippen LogP contribution in [0.1, 0.15) is 68.1 Å². The lowest BCUT2D eigenvalue weighted by atomic mass is 9.89. The average Bonchev–Trinajstić information content (AvgIpc) is 3.53. The third-order valence-corrected chi connectivity index (χ3v) is 10.5. The zero-order valence-corrected chi connectivity index (χ0v) is 22.4. The van der Waals surface area contributed by atoms with Crippen LogP contribution < -0.4 is 0 Å². The number of pyridine rings is 1. The van der Waals surface area contributed by atoms with E-state index in [4.69, 9.17) is 4.98 Å². The van der Waals surface area contributed by atoms with Crippen molar-refractivity contribution < 1.29 is 8.42 Å². The maximum Gasteiger partial charge on any atom is 0.211 e. The SMILES string of the molecule is CC1(N2CCCC2)CCc2ccc(-c3cnc4[nH]cc(C5CCN(S(C)(=O)=O)CC5)c4c3)cc2CC1. The quantitative estimate of drug-likeness (QED) is 0.500. The molecule has 1 aliphatic carbocycles. The van der Waals surface area contributed by atoms with Gasteiger partial charge in [-0.25, -0.2) is 17.7 Å². The summed E-state index contributed by atoms with van der Waals surface area (Å²) in [5, 5.41) is 1.17.